The maximum absolute atomic E-state index is 12.2. The molecule has 5 nitrogen and oxygen atoms in total. The SMILES string of the molecule is CCOC(=O)c1cc(OCC)c2ccc(B3OC(C)(C)C(C)(C)O3)cc2c1. The molecule has 0 unspecified atom stereocenters. The van der Waals surface area contributed by atoms with Crippen molar-refractivity contribution in [1.29, 1.82) is 0 Å². The van der Waals surface area contributed by atoms with Gasteiger partial charge in [-0.25, -0.2) is 4.79 Å². The van der Waals surface area contributed by atoms with Crippen molar-refractivity contribution < 1.29 is 23.6 Å². The summed E-state index contributed by atoms with van der Waals surface area (Å²) in [7, 11) is -0.457. The summed E-state index contributed by atoms with van der Waals surface area (Å²) in [6.45, 7) is 12.7. The highest BCUT2D eigenvalue weighted by molar-refractivity contribution is 6.62. The van der Waals surface area contributed by atoms with Gasteiger partial charge in [-0.05, 0) is 64.5 Å². The van der Waals surface area contributed by atoms with Gasteiger partial charge in [0.2, 0.25) is 0 Å². The Morgan fingerprint density at radius 1 is 1.00 bits per heavy atom. The largest absolute Gasteiger partial charge is 0.494 e. The maximum atomic E-state index is 12.2. The molecule has 144 valence electrons. The molecule has 1 saturated heterocycles. The lowest BCUT2D eigenvalue weighted by atomic mass is 9.78. The highest BCUT2D eigenvalue weighted by Crippen LogP contribution is 2.37. The topological polar surface area (TPSA) is 54.0 Å². The van der Waals surface area contributed by atoms with Crippen LogP contribution in [-0.2, 0) is 14.0 Å². The normalized spacial score (nSPS) is 17.9. The predicted molar refractivity (Wildman–Crippen MR) is 107 cm³/mol. The second kappa shape index (κ2) is 7.17. The van der Waals surface area contributed by atoms with Crippen LogP contribution in [0.25, 0.3) is 10.8 Å². The van der Waals surface area contributed by atoms with Gasteiger partial charge >= 0.3 is 13.1 Å². The Balaban J connectivity index is 2.04. The second-order valence-corrected chi connectivity index (χ2v) is 7.70. The van der Waals surface area contributed by atoms with Gasteiger partial charge in [0, 0.05) is 5.39 Å². The number of hydrogen-bond acceptors (Lipinski definition) is 5. The van der Waals surface area contributed by atoms with Gasteiger partial charge < -0.3 is 18.8 Å². The molecule has 0 aliphatic carbocycles. The first-order chi connectivity index (χ1) is 12.7. The van der Waals surface area contributed by atoms with E-state index in [0.29, 0.717) is 24.5 Å². The zero-order chi connectivity index (χ0) is 19.8. The number of carbonyl (C=O) groups excluding carboxylic acids is 1. The molecule has 0 bridgehead atoms. The van der Waals surface area contributed by atoms with Crippen molar-refractivity contribution in [2.75, 3.05) is 13.2 Å². The summed E-state index contributed by atoms with van der Waals surface area (Å²) in [5.74, 6) is 0.305. The lowest BCUT2D eigenvalue weighted by molar-refractivity contribution is 0.00578. The van der Waals surface area contributed by atoms with E-state index in [4.69, 9.17) is 18.8 Å². The second-order valence-electron chi connectivity index (χ2n) is 7.70. The van der Waals surface area contributed by atoms with Crippen LogP contribution in [0.1, 0.15) is 51.9 Å². The van der Waals surface area contributed by atoms with E-state index >= 15 is 0 Å². The fourth-order valence-electron chi connectivity index (χ4n) is 3.09. The lowest BCUT2D eigenvalue weighted by Gasteiger charge is -2.32. The van der Waals surface area contributed by atoms with Gasteiger partial charge in [0.05, 0.1) is 30.0 Å². The molecule has 0 aromatic heterocycles. The summed E-state index contributed by atoms with van der Waals surface area (Å²) in [4.78, 5) is 12.2. The van der Waals surface area contributed by atoms with Gasteiger partial charge in [0.15, 0.2) is 0 Å². The van der Waals surface area contributed by atoms with E-state index in [0.717, 1.165) is 16.2 Å². The summed E-state index contributed by atoms with van der Waals surface area (Å²) < 4.78 is 23.2. The third kappa shape index (κ3) is 3.69. The number of fused-ring (bicyclic) bond motifs is 1. The molecule has 3 rings (SSSR count). The Bertz CT molecular complexity index is 843. The average Bonchev–Trinajstić information content (AvgIpc) is 2.82. The summed E-state index contributed by atoms with van der Waals surface area (Å²) in [6, 6.07) is 9.51. The molecule has 0 radical (unpaired) electrons. The van der Waals surface area contributed by atoms with Crippen LogP contribution in [-0.4, -0.2) is 37.5 Å². The van der Waals surface area contributed by atoms with E-state index in [-0.39, 0.29) is 5.97 Å². The Morgan fingerprint density at radius 2 is 1.67 bits per heavy atom. The number of benzene rings is 2. The molecule has 6 heteroatoms. The van der Waals surface area contributed by atoms with Gasteiger partial charge in [-0.3, -0.25) is 0 Å². The van der Waals surface area contributed by atoms with Crippen molar-refractivity contribution in [2.24, 2.45) is 0 Å². The summed E-state index contributed by atoms with van der Waals surface area (Å²) in [5.41, 5.74) is 0.564. The first-order valence-electron chi connectivity index (χ1n) is 9.41. The Morgan fingerprint density at radius 3 is 2.26 bits per heavy atom. The summed E-state index contributed by atoms with van der Waals surface area (Å²) in [6.07, 6.45) is 0. The minimum atomic E-state index is -0.457. The Labute approximate surface area is 161 Å². The van der Waals surface area contributed by atoms with E-state index in [9.17, 15) is 4.79 Å². The number of hydrogen-bond donors (Lipinski definition) is 0. The van der Waals surface area contributed by atoms with Crippen molar-refractivity contribution in [3.63, 3.8) is 0 Å². The van der Waals surface area contributed by atoms with Gasteiger partial charge in [0.25, 0.3) is 0 Å². The van der Waals surface area contributed by atoms with Crippen LogP contribution in [0.2, 0.25) is 0 Å². The molecule has 0 saturated carbocycles. The van der Waals surface area contributed by atoms with E-state index < -0.39 is 18.3 Å². The fourth-order valence-corrected chi connectivity index (χ4v) is 3.09. The van der Waals surface area contributed by atoms with E-state index in [1.54, 1.807) is 13.0 Å². The van der Waals surface area contributed by atoms with Crippen LogP contribution in [0.15, 0.2) is 30.3 Å². The van der Waals surface area contributed by atoms with E-state index in [2.05, 4.69) is 0 Å². The monoisotopic (exact) mass is 370 g/mol. The highest BCUT2D eigenvalue weighted by Gasteiger charge is 2.51. The number of rotatable bonds is 5. The highest BCUT2D eigenvalue weighted by atomic mass is 16.7. The van der Waals surface area contributed by atoms with E-state index in [1.165, 1.54) is 0 Å². The van der Waals surface area contributed by atoms with Crippen LogP contribution >= 0.6 is 0 Å². The predicted octanol–water partition coefficient (Wildman–Crippen LogP) is 3.71. The van der Waals surface area contributed by atoms with Crippen molar-refractivity contribution in [3.05, 3.63) is 35.9 Å². The van der Waals surface area contributed by atoms with Crippen molar-refractivity contribution in [1.82, 2.24) is 0 Å². The molecule has 0 atom stereocenters. The minimum absolute atomic E-state index is 0.328. The minimum Gasteiger partial charge on any atom is -0.493 e. The number of ether oxygens (including phenoxy) is 2. The average molecular weight is 370 g/mol. The molecule has 27 heavy (non-hydrogen) atoms. The lowest BCUT2D eigenvalue weighted by Crippen LogP contribution is -2.41. The van der Waals surface area contributed by atoms with Crippen molar-refractivity contribution in [2.45, 2.75) is 52.7 Å². The molecule has 1 aliphatic rings. The van der Waals surface area contributed by atoms with Gasteiger partial charge in [-0.15, -0.1) is 0 Å². The first-order valence-corrected chi connectivity index (χ1v) is 9.41. The molecule has 1 heterocycles. The molecule has 0 amide bonds. The van der Waals surface area contributed by atoms with Gasteiger partial charge in [-0.1, -0.05) is 18.2 Å². The Hall–Kier alpha value is -2.05. The van der Waals surface area contributed by atoms with Crippen molar-refractivity contribution in [3.8, 4) is 5.75 Å². The van der Waals surface area contributed by atoms with E-state index in [1.807, 2.05) is 58.9 Å². The van der Waals surface area contributed by atoms with Crippen LogP contribution < -0.4 is 10.2 Å². The molecule has 1 fully saturated rings. The molecular formula is C21H27BO5. The standard InChI is InChI=1S/C21H27BO5/c1-7-24-18-13-15(19(23)25-8-2)11-14-12-16(9-10-17(14)18)22-26-20(3,4)21(5,6)27-22/h9-13H,7-8H2,1-6H3. The summed E-state index contributed by atoms with van der Waals surface area (Å²) >= 11 is 0. The third-order valence-electron chi connectivity index (χ3n) is 5.28. The number of esters is 1. The fraction of sp³-hybridized carbons (Fsp3) is 0.476. The molecule has 2 aromatic rings. The van der Waals surface area contributed by atoms with Crippen LogP contribution in [0.3, 0.4) is 0 Å². The van der Waals surface area contributed by atoms with Crippen LogP contribution in [0.4, 0.5) is 0 Å². The third-order valence-corrected chi connectivity index (χ3v) is 5.28. The molecule has 0 spiro atoms. The number of carbonyl (C=O) groups is 1. The smallest absolute Gasteiger partial charge is 0.493 e. The first kappa shape index (κ1) is 19.7. The molecule has 0 N–H and O–H groups in total. The maximum Gasteiger partial charge on any atom is 0.494 e. The van der Waals surface area contributed by atoms with Gasteiger partial charge in [0.1, 0.15) is 5.75 Å². The molecular weight excluding hydrogens is 343 g/mol. The summed E-state index contributed by atoms with van der Waals surface area (Å²) in [5, 5.41) is 1.82. The van der Waals surface area contributed by atoms with Crippen molar-refractivity contribution >= 4 is 29.3 Å². The molecule has 2 aromatic carbocycles. The van der Waals surface area contributed by atoms with Crippen LogP contribution in [0.5, 0.6) is 5.75 Å². The zero-order valence-corrected chi connectivity index (χ0v) is 16.9. The Kier molecular flexibility index (Phi) is 5.23. The molecule has 1 aliphatic heterocycles. The van der Waals surface area contributed by atoms with Gasteiger partial charge in [-0.2, -0.15) is 0 Å². The quantitative estimate of drug-likeness (QED) is 0.593. The van der Waals surface area contributed by atoms with Crippen LogP contribution in [0, 0.1) is 0 Å². The zero-order valence-electron chi connectivity index (χ0n) is 16.9.